The molecular weight excluding hydrogens is 821 g/mol. The number of carbonyl (C=O) groups is 6. The van der Waals surface area contributed by atoms with Crippen LogP contribution in [0.25, 0.3) is 0 Å². The third-order valence-corrected chi connectivity index (χ3v) is 9.01. The molecule has 22 heteroatoms. The molecule has 51 heavy (non-hydrogen) atoms. The summed E-state index contributed by atoms with van der Waals surface area (Å²) in [4.78, 5) is 79.5. The van der Waals surface area contributed by atoms with Gasteiger partial charge in [0.15, 0.2) is 0 Å². The monoisotopic (exact) mass is 870 g/mol. The van der Waals surface area contributed by atoms with Crippen molar-refractivity contribution < 1.29 is 47.7 Å². The zero-order chi connectivity index (χ0) is 38.4. The number of nitrogens with zero attached hydrogens (tertiary/aromatic N) is 4. The largest absolute Gasteiger partial charge is 0.465 e. The quantitative estimate of drug-likeness (QED) is 0.0413. The second-order valence-corrected chi connectivity index (χ2v) is 14.7. The van der Waals surface area contributed by atoms with Gasteiger partial charge in [0.2, 0.25) is 0 Å². The van der Waals surface area contributed by atoms with Gasteiger partial charge in [0.05, 0.1) is 25.7 Å². The highest BCUT2D eigenvalue weighted by Gasteiger charge is 2.58. The van der Waals surface area contributed by atoms with Crippen molar-refractivity contribution in [3.05, 3.63) is 0 Å². The predicted molar refractivity (Wildman–Crippen MR) is 221 cm³/mol. The average Bonchev–Trinajstić information content (AvgIpc) is 3.51. The molecule has 0 aromatic heterocycles. The van der Waals surface area contributed by atoms with Crippen LogP contribution in [0.4, 0.5) is 9.59 Å². The van der Waals surface area contributed by atoms with Crippen molar-refractivity contribution in [2.45, 2.75) is 38.0 Å². The fourth-order valence-corrected chi connectivity index (χ4v) is 6.54. The van der Waals surface area contributed by atoms with Crippen LogP contribution in [0.5, 0.6) is 0 Å². The second-order valence-electron chi connectivity index (χ2n) is 11.1. The first-order chi connectivity index (χ1) is 24.4. The number of urea groups is 2. The van der Waals surface area contributed by atoms with Gasteiger partial charge in [-0.05, 0) is 0 Å². The topological polar surface area (TPSA) is 152 Å². The Morgan fingerprint density at radius 2 is 0.647 bits per heavy atom. The Bertz CT molecular complexity index is 968. The van der Waals surface area contributed by atoms with Gasteiger partial charge in [0, 0.05) is 72.2 Å². The molecule has 0 atom stereocenters. The molecule has 2 aliphatic rings. The first-order valence-corrected chi connectivity index (χ1v) is 21.1. The van der Waals surface area contributed by atoms with Crippen molar-refractivity contribution in [2.24, 2.45) is 5.41 Å². The lowest BCUT2D eigenvalue weighted by molar-refractivity contribution is -0.170. The number of hydrogen-bond donors (Lipinski definition) is 8. The molecule has 294 valence electrons. The van der Waals surface area contributed by atoms with Gasteiger partial charge in [0.1, 0.15) is 44.2 Å². The molecule has 0 bridgehead atoms. The van der Waals surface area contributed by atoms with E-state index in [2.05, 4.69) is 101 Å². The molecule has 0 radical (unpaired) electrons. The SMILES string of the molecule is O=C(CCS)OCC(COC(=O)CCS)(COC(=O)CCS)COC(=O)CCS.O=C1N(CCS)C2C(N1CCS)N(CCS)C(=O)N2CCS. The Morgan fingerprint density at radius 1 is 0.431 bits per heavy atom. The lowest BCUT2D eigenvalue weighted by Crippen LogP contribution is -2.48. The number of rotatable bonds is 24. The van der Waals surface area contributed by atoms with Crippen LogP contribution in [0.1, 0.15) is 25.7 Å². The number of carbonyl (C=O) groups excluding carboxylic acids is 6. The molecule has 0 aromatic carbocycles. The molecule has 2 saturated heterocycles. The fraction of sp³-hybridized carbons (Fsp3) is 0.793. The van der Waals surface area contributed by atoms with Crippen LogP contribution in [0, 0.1) is 5.41 Å². The van der Waals surface area contributed by atoms with Gasteiger partial charge in [0.25, 0.3) is 0 Å². The smallest absolute Gasteiger partial charge is 0.323 e. The van der Waals surface area contributed by atoms with E-state index in [4.69, 9.17) is 18.9 Å². The van der Waals surface area contributed by atoms with E-state index in [9.17, 15) is 28.8 Å². The normalized spacial score (nSPS) is 16.9. The molecule has 2 aliphatic heterocycles. The molecule has 2 heterocycles. The van der Waals surface area contributed by atoms with Crippen molar-refractivity contribution in [1.82, 2.24) is 19.6 Å². The lowest BCUT2D eigenvalue weighted by Gasteiger charge is -2.31. The van der Waals surface area contributed by atoms with Gasteiger partial charge in [-0.15, -0.1) is 0 Å². The summed E-state index contributed by atoms with van der Waals surface area (Å²) in [7, 11) is 0. The van der Waals surface area contributed by atoms with Gasteiger partial charge in [-0.2, -0.15) is 101 Å². The fourth-order valence-electron chi connectivity index (χ4n) is 4.94. The summed E-state index contributed by atoms with van der Waals surface area (Å²) >= 11 is 32.9. The minimum atomic E-state index is -1.25. The number of esters is 4. The molecule has 0 spiro atoms. The molecule has 2 fully saturated rings. The van der Waals surface area contributed by atoms with Crippen LogP contribution >= 0.6 is 101 Å². The predicted octanol–water partition coefficient (Wildman–Crippen LogP) is 2.26. The van der Waals surface area contributed by atoms with E-state index in [0.29, 0.717) is 49.2 Å². The third kappa shape index (κ3) is 15.8. The van der Waals surface area contributed by atoms with Crippen molar-refractivity contribution in [3.63, 3.8) is 0 Å². The molecule has 4 amide bonds. The molecule has 0 N–H and O–H groups in total. The van der Waals surface area contributed by atoms with E-state index in [0.717, 1.165) is 0 Å². The van der Waals surface area contributed by atoms with E-state index in [1.807, 2.05) is 0 Å². The van der Waals surface area contributed by atoms with E-state index in [1.54, 1.807) is 19.6 Å². The first kappa shape index (κ1) is 48.2. The minimum absolute atomic E-state index is 0.0565. The summed E-state index contributed by atoms with van der Waals surface area (Å²) in [6.45, 7) is 0.918. The Balaban J connectivity index is 0.000000527. The number of thiol groups is 8. The lowest BCUT2D eigenvalue weighted by atomic mass is 9.92. The van der Waals surface area contributed by atoms with Crippen LogP contribution in [0.3, 0.4) is 0 Å². The van der Waals surface area contributed by atoms with Crippen LogP contribution < -0.4 is 0 Å². The number of ether oxygens (including phenoxy) is 4. The molecule has 0 aliphatic carbocycles. The third-order valence-electron chi connectivity index (χ3n) is 7.31. The molecule has 2 rings (SSSR count). The number of hydrogen-bond acceptors (Lipinski definition) is 18. The summed E-state index contributed by atoms with van der Waals surface area (Å²) < 4.78 is 20.9. The maximum Gasteiger partial charge on any atom is 0.323 e. The summed E-state index contributed by atoms with van der Waals surface area (Å²) in [6.07, 6.45) is -0.289. The molecule has 0 aromatic rings. The molecule has 0 unspecified atom stereocenters. The molecule has 0 saturated carbocycles. The Kier molecular flexibility index (Phi) is 25.4. The highest BCUT2D eigenvalue weighted by Crippen LogP contribution is 2.35. The first-order valence-electron chi connectivity index (χ1n) is 16.1. The summed E-state index contributed by atoms with van der Waals surface area (Å²) in [5, 5.41) is 0. The molecular formula is C29H50N4O10S8. The Morgan fingerprint density at radius 3 is 0.824 bits per heavy atom. The zero-order valence-electron chi connectivity index (χ0n) is 28.2. The van der Waals surface area contributed by atoms with E-state index in [-0.39, 0.29) is 99.5 Å². The van der Waals surface area contributed by atoms with Crippen LogP contribution in [-0.2, 0) is 38.1 Å². The van der Waals surface area contributed by atoms with Gasteiger partial charge >= 0.3 is 35.9 Å². The summed E-state index contributed by atoms with van der Waals surface area (Å²) in [6, 6.07) is -0.113. The van der Waals surface area contributed by atoms with Gasteiger partial charge < -0.3 is 18.9 Å². The maximum atomic E-state index is 12.7. The van der Waals surface area contributed by atoms with Crippen LogP contribution in [-0.4, -0.2) is 167 Å². The van der Waals surface area contributed by atoms with Gasteiger partial charge in [-0.1, -0.05) is 0 Å². The Labute approximate surface area is 344 Å². The Hall–Kier alpha value is -0.780. The summed E-state index contributed by atoms with van der Waals surface area (Å²) in [5.74, 6) is 1.24. The van der Waals surface area contributed by atoms with E-state index < -0.39 is 29.3 Å². The zero-order valence-corrected chi connectivity index (χ0v) is 35.4. The number of fused-ring (bicyclic) bond motifs is 1. The van der Waals surface area contributed by atoms with Crippen LogP contribution in [0.2, 0.25) is 0 Å². The summed E-state index contributed by atoms with van der Waals surface area (Å²) in [5.41, 5.74) is -1.25. The van der Waals surface area contributed by atoms with Gasteiger partial charge in [-0.25, -0.2) is 9.59 Å². The highest BCUT2D eigenvalue weighted by atomic mass is 32.1. The maximum absolute atomic E-state index is 12.7. The average molecular weight is 871 g/mol. The van der Waals surface area contributed by atoms with Crippen LogP contribution in [0.15, 0.2) is 0 Å². The van der Waals surface area contributed by atoms with Crippen molar-refractivity contribution >= 4 is 137 Å². The van der Waals surface area contributed by atoms with E-state index >= 15 is 0 Å². The molecule has 14 nitrogen and oxygen atoms in total. The standard InChI is InChI=1S/C17H28O8S4.C12H22N4O2S4/c18-13(1-5-26)22-9-17(10-23-14(19)2-6-27,11-24-15(20)3-7-28)12-25-16(21)4-8-29;17-11-13(1-5-19)9-10(15(11)3-7-21)16(4-8-22)12(18)14(9)2-6-20/h26-29H,1-12H2;9-10,19-22H,1-8H2. The van der Waals surface area contributed by atoms with E-state index in [1.165, 1.54) is 0 Å². The second kappa shape index (κ2) is 26.9. The minimum Gasteiger partial charge on any atom is -0.465 e. The van der Waals surface area contributed by atoms with Gasteiger partial charge in [-0.3, -0.25) is 38.8 Å². The van der Waals surface area contributed by atoms with Crippen molar-refractivity contribution in [3.8, 4) is 0 Å². The highest BCUT2D eigenvalue weighted by molar-refractivity contribution is 7.81. The van der Waals surface area contributed by atoms with Crippen molar-refractivity contribution in [2.75, 3.05) is 98.6 Å². The number of amides is 4. The van der Waals surface area contributed by atoms with Crippen molar-refractivity contribution in [1.29, 1.82) is 0 Å².